The third-order valence-electron chi connectivity index (χ3n) is 5.02. The Morgan fingerprint density at radius 3 is 2.37 bits per heavy atom. The fourth-order valence-corrected chi connectivity index (χ4v) is 3.73. The zero-order valence-corrected chi connectivity index (χ0v) is 18.0. The topological polar surface area (TPSA) is 35.6 Å². The summed E-state index contributed by atoms with van der Waals surface area (Å²) in [5.74, 6) is -0.432. The number of likely N-dealkylation sites (N-methyl/N-ethyl adjacent to an activating group) is 1. The zero-order valence-electron chi connectivity index (χ0n) is 16.4. The molecule has 0 bridgehead atoms. The molecule has 1 aliphatic heterocycles. The van der Waals surface area contributed by atoms with E-state index in [2.05, 4.69) is 5.32 Å². The van der Waals surface area contributed by atoms with Crippen molar-refractivity contribution in [3.05, 3.63) is 76.0 Å². The molecule has 1 amide bonds. The van der Waals surface area contributed by atoms with E-state index >= 15 is 0 Å². The molecule has 2 aromatic rings. The van der Waals surface area contributed by atoms with Gasteiger partial charge in [0.05, 0.1) is 17.2 Å². The number of carbonyl (C=O) groups excluding carboxylic acids is 1. The Morgan fingerprint density at radius 1 is 1.13 bits per heavy atom. The van der Waals surface area contributed by atoms with Crippen LogP contribution in [-0.2, 0) is 11.0 Å². The first-order valence-electron chi connectivity index (χ1n) is 8.96. The number of anilines is 1. The van der Waals surface area contributed by atoms with Crippen LogP contribution in [0.4, 0.5) is 18.9 Å². The van der Waals surface area contributed by atoms with Crippen molar-refractivity contribution in [1.82, 2.24) is 9.80 Å². The van der Waals surface area contributed by atoms with Gasteiger partial charge in [-0.1, -0.05) is 23.7 Å². The van der Waals surface area contributed by atoms with Gasteiger partial charge in [-0.3, -0.25) is 4.79 Å². The van der Waals surface area contributed by atoms with E-state index in [1.165, 1.54) is 6.07 Å². The SMILES string of the molecule is CC1=C(C(=O)Nc2ccc(Cl)cc2)[C@H](c2cccc(C(F)(F)F)c2)N(C)C(=S)N1C. The number of alkyl halides is 3. The number of amides is 1. The summed E-state index contributed by atoms with van der Waals surface area (Å²) < 4.78 is 39.8. The minimum atomic E-state index is -4.50. The summed E-state index contributed by atoms with van der Waals surface area (Å²) in [6.45, 7) is 1.72. The van der Waals surface area contributed by atoms with Gasteiger partial charge in [0.25, 0.3) is 5.91 Å². The fraction of sp³-hybridized carbons (Fsp3) is 0.238. The maximum atomic E-state index is 13.3. The molecule has 1 aliphatic rings. The first kappa shape index (κ1) is 22.1. The van der Waals surface area contributed by atoms with Gasteiger partial charge in [-0.15, -0.1) is 0 Å². The highest BCUT2D eigenvalue weighted by atomic mass is 35.5. The predicted molar refractivity (Wildman–Crippen MR) is 115 cm³/mol. The number of hydrogen-bond acceptors (Lipinski definition) is 2. The van der Waals surface area contributed by atoms with Gasteiger partial charge in [0, 0.05) is 30.5 Å². The Labute approximate surface area is 182 Å². The number of rotatable bonds is 3. The number of nitrogens with one attached hydrogen (secondary N) is 1. The van der Waals surface area contributed by atoms with Crippen LogP contribution in [0.3, 0.4) is 0 Å². The van der Waals surface area contributed by atoms with Gasteiger partial charge in [-0.2, -0.15) is 13.2 Å². The third kappa shape index (κ3) is 4.29. The molecule has 0 aliphatic carbocycles. The highest BCUT2D eigenvalue weighted by molar-refractivity contribution is 7.80. The Bertz CT molecular complexity index is 1020. The first-order valence-corrected chi connectivity index (χ1v) is 9.74. The summed E-state index contributed by atoms with van der Waals surface area (Å²) in [5, 5.41) is 3.72. The third-order valence-corrected chi connectivity index (χ3v) is 5.83. The smallest absolute Gasteiger partial charge is 0.340 e. The quantitative estimate of drug-likeness (QED) is 0.625. The van der Waals surface area contributed by atoms with Crippen LogP contribution < -0.4 is 5.32 Å². The van der Waals surface area contributed by atoms with Gasteiger partial charge < -0.3 is 15.1 Å². The summed E-state index contributed by atoms with van der Waals surface area (Å²) in [6.07, 6.45) is -4.50. The first-order chi connectivity index (χ1) is 14.0. The minimum Gasteiger partial charge on any atom is -0.340 e. The minimum absolute atomic E-state index is 0.308. The highest BCUT2D eigenvalue weighted by Gasteiger charge is 2.38. The summed E-state index contributed by atoms with van der Waals surface area (Å²) >= 11 is 11.3. The van der Waals surface area contributed by atoms with Gasteiger partial charge in [-0.05, 0) is 61.1 Å². The molecule has 4 nitrogen and oxygen atoms in total. The molecule has 0 aromatic heterocycles. The van der Waals surface area contributed by atoms with E-state index in [1.54, 1.807) is 61.2 Å². The summed E-state index contributed by atoms with van der Waals surface area (Å²) in [6, 6.07) is 10.7. The number of thiocarbonyl (C=S) groups is 1. The number of allylic oxidation sites excluding steroid dienone is 1. The highest BCUT2D eigenvalue weighted by Crippen LogP contribution is 2.38. The van der Waals surface area contributed by atoms with Gasteiger partial charge in [0.15, 0.2) is 5.11 Å². The van der Waals surface area contributed by atoms with Crippen molar-refractivity contribution in [2.75, 3.05) is 19.4 Å². The molecule has 158 valence electrons. The van der Waals surface area contributed by atoms with E-state index in [0.717, 1.165) is 12.1 Å². The van der Waals surface area contributed by atoms with Crippen molar-refractivity contribution < 1.29 is 18.0 Å². The lowest BCUT2D eigenvalue weighted by molar-refractivity contribution is -0.137. The van der Waals surface area contributed by atoms with Gasteiger partial charge >= 0.3 is 6.18 Å². The number of benzene rings is 2. The lowest BCUT2D eigenvalue weighted by Crippen LogP contribution is -2.47. The number of hydrogen-bond donors (Lipinski definition) is 1. The van der Waals surface area contributed by atoms with Gasteiger partial charge in [0.1, 0.15) is 0 Å². The summed E-state index contributed by atoms with van der Waals surface area (Å²) in [5.41, 5.74) is 0.928. The molecule has 0 saturated carbocycles. The number of halogens is 4. The summed E-state index contributed by atoms with van der Waals surface area (Å²) in [7, 11) is 3.37. The van der Waals surface area contributed by atoms with Crippen molar-refractivity contribution >= 4 is 40.5 Å². The van der Waals surface area contributed by atoms with Crippen LogP contribution in [-0.4, -0.2) is 34.9 Å². The fourth-order valence-electron chi connectivity index (χ4n) is 3.36. The molecular weight excluding hydrogens is 435 g/mol. The molecule has 0 spiro atoms. The van der Waals surface area contributed by atoms with E-state index in [-0.39, 0.29) is 0 Å². The normalized spacial score (nSPS) is 17.4. The maximum absolute atomic E-state index is 13.3. The van der Waals surface area contributed by atoms with E-state index in [9.17, 15) is 18.0 Å². The van der Waals surface area contributed by atoms with Crippen molar-refractivity contribution in [3.8, 4) is 0 Å². The number of carbonyl (C=O) groups is 1. The lowest BCUT2D eigenvalue weighted by atomic mass is 9.92. The van der Waals surface area contributed by atoms with Crippen molar-refractivity contribution in [1.29, 1.82) is 0 Å². The second-order valence-electron chi connectivity index (χ2n) is 6.94. The molecule has 0 unspecified atom stereocenters. The molecule has 1 N–H and O–H groups in total. The Hall–Kier alpha value is -2.58. The van der Waals surface area contributed by atoms with E-state index in [4.69, 9.17) is 23.8 Å². The zero-order chi connectivity index (χ0) is 22.2. The summed E-state index contributed by atoms with van der Waals surface area (Å²) in [4.78, 5) is 16.5. The largest absolute Gasteiger partial charge is 0.416 e. The second-order valence-corrected chi connectivity index (χ2v) is 7.74. The molecule has 0 saturated heterocycles. The lowest BCUT2D eigenvalue weighted by Gasteiger charge is -2.42. The molecule has 2 aromatic carbocycles. The van der Waals surface area contributed by atoms with Crippen molar-refractivity contribution in [2.24, 2.45) is 0 Å². The molecular formula is C21H19ClF3N3OS. The standard InChI is InChI=1S/C21H19ClF3N3OS/c1-12-17(19(29)26-16-9-7-15(22)8-10-16)18(28(3)20(30)27(12)2)13-5-4-6-14(11-13)21(23,24)25/h4-11,18H,1-3H3,(H,26,29)/t18-/m0/s1. The average molecular weight is 454 g/mol. The van der Waals surface area contributed by atoms with Crippen LogP contribution in [0.15, 0.2) is 59.8 Å². The van der Waals surface area contributed by atoms with Crippen LogP contribution in [0, 0.1) is 0 Å². The molecule has 1 atom stereocenters. The molecule has 1 heterocycles. The maximum Gasteiger partial charge on any atom is 0.416 e. The van der Waals surface area contributed by atoms with Crippen LogP contribution in [0.1, 0.15) is 24.1 Å². The average Bonchev–Trinajstić information content (AvgIpc) is 2.70. The van der Waals surface area contributed by atoms with Crippen molar-refractivity contribution in [2.45, 2.75) is 19.1 Å². The van der Waals surface area contributed by atoms with Crippen LogP contribution in [0.25, 0.3) is 0 Å². The monoisotopic (exact) mass is 453 g/mol. The molecule has 9 heteroatoms. The second kappa shape index (κ2) is 8.28. The Kier molecular flexibility index (Phi) is 6.10. The Balaban J connectivity index is 2.08. The van der Waals surface area contributed by atoms with Crippen LogP contribution in [0.2, 0.25) is 5.02 Å². The van der Waals surface area contributed by atoms with E-state index in [1.807, 2.05) is 0 Å². The Morgan fingerprint density at radius 2 is 1.77 bits per heavy atom. The molecule has 3 rings (SSSR count). The molecule has 0 radical (unpaired) electrons. The van der Waals surface area contributed by atoms with E-state index < -0.39 is 23.7 Å². The predicted octanol–water partition coefficient (Wildman–Crippen LogP) is 5.47. The van der Waals surface area contributed by atoms with Gasteiger partial charge in [0.2, 0.25) is 0 Å². The number of nitrogens with zero attached hydrogens (tertiary/aromatic N) is 2. The van der Waals surface area contributed by atoms with E-state index in [0.29, 0.717) is 32.7 Å². The van der Waals surface area contributed by atoms with Gasteiger partial charge in [-0.25, -0.2) is 0 Å². The van der Waals surface area contributed by atoms with Crippen LogP contribution in [0.5, 0.6) is 0 Å². The van der Waals surface area contributed by atoms with Crippen LogP contribution >= 0.6 is 23.8 Å². The molecule has 30 heavy (non-hydrogen) atoms. The molecule has 0 fully saturated rings. The van der Waals surface area contributed by atoms with Crippen molar-refractivity contribution in [3.63, 3.8) is 0 Å².